The van der Waals surface area contributed by atoms with Crippen LogP contribution >= 0.6 is 11.8 Å². The number of hydrogen-bond acceptors (Lipinski definition) is 3. The monoisotopic (exact) mass is 356 g/mol. The molecule has 0 radical (unpaired) electrons. The van der Waals surface area contributed by atoms with Crippen LogP contribution < -0.4 is 5.56 Å². The number of nitrogens with one attached hydrogen (secondary N) is 1. The van der Waals surface area contributed by atoms with Crippen molar-refractivity contribution >= 4 is 17.7 Å². The molecule has 2 aromatic rings. The molecule has 0 bridgehead atoms. The van der Waals surface area contributed by atoms with Crippen molar-refractivity contribution < 1.29 is 4.79 Å². The van der Waals surface area contributed by atoms with Crippen molar-refractivity contribution in [1.82, 2.24) is 9.88 Å². The van der Waals surface area contributed by atoms with E-state index in [-0.39, 0.29) is 11.5 Å². The molecule has 1 aliphatic heterocycles. The van der Waals surface area contributed by atoms with Crippen molar-refractivity contribution in [3.8, 4) is 0 Å². The summed E-state index contributed by atoms with van der Waals surface area (Å²) in [6.07, 6.45) is 2.67. The van der Waals surface area contributed by atoms with Gasteiger partial charge in [0, 0.05) is 40.6 Å². The van der Waals surface area contributed by atoms with E-state index in [1.54, 1.807) is 6.07 Å². The largest absolute Gasteiger partial charge is 0.339 e. The van der Waals surface area contributed by atoms with Gasteiger partial charge >= 0.3 is 0 Å². The van der Waals surface area contributed by atoms with E-state index in [0.29, 0.717) is 17.2 Å². The normalized spacial score (nSPS) is 15.4. The van der Waals surface area contributed by atoms with Gasteiger partial charge in [0.15, 0.2) is 0 Å². The van der Waals surface area contributed by atoms with Crippen LogP contribution in [0, 0.1) is 6.92 Å². The maximum absolute atomic E-state index is 12.7. The average Bonchev–Trinajstić information content (AvgIpc) is 2.61. The number of piperidine rings is 1. The van der Waals surface area contributed by atoms with Crippen molar-refractivity contribution in [2.45, 2.75) is 43.3 Å². The number of carbonyl (C=O) groups excluding carboxylic acids is 1. The quantitative estimate of drug-likeness (QED) is 0.910. The molecule has 0 spiro atoms. The fraction of sp³-hybridized carbons (Fsp3) is 0.400. The number of H-pyrrole nitrogens is 1. The first-order valence-corrected chi connectivity index (χ1v) is 9.69. The Balaban J connectivity index is 1.61. The Morgan fingerprint density at radius 1 is 1.24 bits per heavy atom. The number of thioether (sulfide) groups is 1. The van der Waals surface area contributed by atoms with Gasteiger partial charge in [-0.25, -0.2) is 0 Å². The molecule has 5 heteroatoms. The van der Waals surface area contributed by atoms with Crippen molar-refractivity contribution in [1.29, 1.82) is 0 Å². The van der Waals surface area contributed by atoms with Crippen molar-refractivity contribution in [2.24, 2.45) is 0 Å². The molecule has 3 rings (SSSR count). The van der Waals surface area contributed by atoms with Crippen LogP contribution in [0.25, 0.3) is 0 Å². The lowest BCUT2D eigenvalue weighted by Gasteiger charge is -2.31. The molecule has 2 heterocycles. The summed E-state index contributed by atoms with van der Waals surface area (Å²) in [6, 6.07) is 11.8. The molecule has 0 aliphatic carbocycles. The zero-order valence-corrected chi connectivity index (χ0v) is 15.6. The molecule has 1 amide bonds. The smallest absolute Gasteiger partial charge is 0.254 e. The highest BCUT2D eigenvalue weighted by Gasteiger charge is 2.24. The van der Waals surface area contributed by atoms with Crippen molar-refractivity contribution in [3.63, 3.8) is 0 Å². The average molecular weight is 356 g/mol. The molecule has 1 N–H and O–H groups in total. The number of carbonyl (C=O) groups is 1. The van der Waals surface area contributed by atoms with E-state index in [4.69, 9.17) is 0 Å². The number of amides is 1. The van der Waals surface area contributed by atoms with Gasteiger partial charge in [-0.3, -0.25) is 9.59 Å². The first kappa shape index (κ1) is 17.8. The summed E-state index contributed by atoms with van der Waals surface area (Å²) in [5.41, 5.74) is 2.39. The van der Waals surface area contributed by atoms with Crippen LogP contribution in [0.15, 0.2) is 46.1 Å². The van der Waals surface area contributed by atoms with E-state index in [2.05, 4.69) is 36.2 Å². The molecule has 1 aromatic heterocycles. The summed E-state index contributed by atoms with van der Waals surface area (Å²) in [5, 5.41) is 0.538. The molecule has 4 nitrogen and oxygen atoms in total. The Morgan fingerprint density at radius 3 is 2.68 bits per heavy atom. The number of aromatic nitrogens is 1. The molecule has 0 saturated carbocycles. The van der Waals surface area contributed by atoms with Crippen LogP contribution in [0.1, 0.15) is 41.4 Å². The lowest BCUT2D eigenvalue weighted by Crippen LogP contribution is -2.39. The highest BCUT2D eigenvalue weighted by molar-refractivity contribution is 8.00. The van der Waals surface area contributed by atoms with Crippen LogP contribution in [0.2, 0.25) is 0 Å². The first-order chi connectivity index (χ1) is 12.0. The summed E-state index contributed by atoms with van der Waals surface area (Å²) in [7, 11) is 0. The van der Waals surface area contributed by atoms with Crippen molar-refractivity contribution in [2.75, 3.05) is 13.1 Å². The number of hydrogen-bond donors (Lipinski definition) is 1. The van der Waals surface area contributed by atoms with Gasteiger partial charge in [-0.15, -0.1) is 11.8 Å². The maximum Gasteiger partial charge on any atom is 0.254 e. The third kappa shape index (κ3) is 4.54. The number of pyridine rings is 1. The van der Waals surface area contributed by atoms with Crippen molar-refractivity contribution in [3.05, 3.63) is 63.6 Å². The SMILES string of the molecule is CCc1cc(C(=O)N2CCC(Sc3cccc(C)c3)CC2)cc(=O)[nH]1. The summed E-state index contributed by atoms with van der Waals surface area (Å²) >= 11 is 1.90. The van der Waals surface area contributed by atoms with Gasteiger partial charge in [-0.05, 0) is 44.4 Å². The van der Waals surface area contributed by atoms with Gasteiger partial charge < -0.3 is 9.88 Å². The molecule has 1 aliphatic rings. The number of benzene rings is 1. The lowest BCUT2D eigenvalue weighted by molar-refractivity contribution is 0.0727. The molecule has 1 saturated heterocycles. The first-order valence-electron chi connectivity index (χ1n) is 8.81. The maximum atomic E-state index is 12.7. The minimum absolute atomic E-state index is 0.0280. The van der Waals surface area contributed by atoms with Crippen LogP contribution in [0.4, 0.5) is 0 Å². The van der Waals surface area contributed by atoms with E-state index < -0.39 is 0 Å². The molecular formula is C20H24N2O2S. The lowest BCUT2D eigenvalue weighted by atomic mass is 10.1. The van der Waals surface area contributed by atoms with E-state index in [0.717, 1.165) is 31.6 Å². The summed E-state index contributed by atoms with van der Waals surface area (Å²) < 4.78 is 0. The molecule has 0 unspecified atom stereocenters. The predicted molar refractivity (Wildman–Crippen MR) is 102 cm³/mol. The second-order valence-electron chi connectivity index (χ2n) is 6.54. The Kier molecular flexibility index (Phi) is 5.63. The van der Waals surface area contributed by atoms with Gasteiger partial charge in [0.05, 0.1) is 0 Å². The fourth-order valence-corrected chi connectivity index (χ4v) is 4.40. The summed E-state index contributed by atoms with van der Waals surface area (Å²) in [4.78, 5) is 30.3. The zero-order valence-electron chi connectivity index (χ0n) is 14.7. The van der Waals surface area contributed by atoms with Crippen LogP contribution in [-0.2, 0) is 6.42 Å². The minimum Gasteiger partial charge on any atom is -0.339 e. The minimum atomic E-state index is -0.201. The molecule has 1 aromatic carbocycles. The predicted octanol–water partition coefficient (Wildman–Crippen LogP) is 3.64. The molecule has 132 valence electrons. The van der Waals surface area contributed by atoms with Gasteiger partial charge in [0.25, 0.3) is 5.91 Å². The molecule has 25 heavy (non-hydrogen) atoms. The third-order valence-corrected chi connectivity index (χ3v) is 5.88. The number of likely N-dealkylation sites (tertiary alicyclic amines) is 1. The second-order valence-corrected chi connectivity index (χ2v) is 7.91. The van der Waals surface area contributed by atoms with Crippen LogP contribution in [-0.4, -0.2) is 34.1 Å². The van der Waals surface area contributed by atoms with Gasteiger partial charge in [0.1, 0.15) is 0 Å². The molecule has 1 fully saturated rings. The van der Waals surface area contributed by atoms with Crippen LogP contribution in [0.5, 0.6) is 0 Å². The Bertz CT molecular complexity index is 807. The molecular weight excluding hydrogens is 332 g/mol. The highest BCUT2D eigenvalue weighted by atomic mass is 32.2. The van der Waals surface area contributed by atoms with E-state index in [1.165, 1.54) is 16.5 Å². The highest BCUT2D eigenvalue weighted by Crippen LogP contribution is 2.31. The fourth-order valence-electron chi connectivity index (χ4n) is 3.16. The van der Waals surface area contributed by atoms with Crippen LogP contribution in [0.3, 0.4) is 0 Å². The van der Waals surface area contributed by atoms with Gasteiger partial charge in [-0.1, -0.05) is 24.6 Å². The van der Waals surface area contributed by atoms with E-state index in [9.17, 15) is 9.59 Å². The summed E-state index contributed by atoms with van der Waals surface area (Å²) in [5.74, 6) is -0.0280. The van der Waals surface area contributed by atoms with E-state index >= 15 is 0 Å². The summed E-state index contributed by atoms with van der Waals surface area (Å²) in [6.45, 7) is 5.57. The topological polar surface area (TPSA) is 53.2 Å². The van der Waals surface area contributed by atoms with E-state index in [1.807, 2.05) is 23.6 Å². The van der Waals surface area contributed by atoms with Gasteiger partial charge in [0.2, 0.25) is 5.56 Å². The third-order valence-electron chi connectivity index (χ3n) is 4.55. The Hall–Kier alpha value is -2.01. The number of nitrogens with zero attached hydrogens (tertiary/aromatic N) is 1. The zero-order chi connectivity index (χ0) is 17.8. The number of rotatable bonds is 4. The Morgan fingerprint density at radius 2 is 2.00 bits per heavy atom. The number of aryl methyl sites for hydroxylation is 2. The Labute approximate surface area is 152 Å². The number of aromatic amines is 1. The standard InChI is InChI=1S/C20H24N2O2S/c1-3-16-12-15(13-19(23)21-16)20(24)22-9-7-17(8-10-22)25-18-6-4-5-14(2)11-18/h4-6,11-13,17H,3,7-10H2,1-2H3,(H,21,23). The molecule has 0 atom stereocenters. The van der Waals surface area contributed by atoms with Gasteiger partial charge in [-0.2, -0.15) is 0 Å². The second kappa shape index (κ2) is 7.91.